The SMILES string of the molecule is Cc1nc(C(=O)N2C3CC(C3)[C@@H](C)[C@H]2CNC(=O)OC(C)(C)C)c(-c2ncccn2)s1. The van der Waals surface area contributed by atoms with Crippen molar-refractivity contribution in [2.24, 2.45) is 11.8 Å². The van der Waals surface area contributed by atoms with Crippen molar-refractivity contribution in [2.45, 2.75) is 65.1 Å². The Hall–Kier alpha value is -2.55. The molecule has 2 aromatic rings. The Labute approximate surface area is 186 Å². The van der Waals surface area contributed by atoms with E-state index in [-0.39, 0.29) is 23.9 Å². The molecule has 2 bridgehead atoms. The molecule has 2 amide bonds. The Kier molecular flexibility index (Phi) is 5.72. The lowest BCUT2D eigenvalue weighted by atomic mass is 9.64. The van der Waals surface area contributed by atoms with E-state index >= 15 is 0 Å². The zero-order chi connectivity index (χ0) is 22.3. The summed E-state index contributed by atoms with van der Waals surface area (Å²) in [4.78, 5) is 41.8. The maximum absolute atomic E-state index is 13.7. The van der Waals surface area contributed by atoms with Gasteiger partial charge in [-0.05, 0) is 58.4 Å². The molecule has 5 rings (SSSR count). The summed E-state index contributed by atoms with van der Waals surface area (Å²) in [5.74, 6) is 1.25. The van der Waals surface area contributed by atoms with Crippen LogP contribution in [0, 0.1) is 18.8 Å². The molecule has 0 aromatic carbocycles. The Balaban J connectivity index is 1.58. The van der Waals surface area contributed by atoms with E-state index in [2.05, 4.69) is 27.2 Å². The molecule has 31 heavy (non-hydrogen) atoms. The van der Waals surface area contributed by atoms with E-state index < -0.39 is 11.7 Å². The second-order valence-corrected chi connectivity index (χ2v) is 10.6. The zero-order valence-corrected chi connectivity index (χ0v) is 19.4. The molecule has 1 aliphatic carbocycles. The van der Waals surface area contributed by atoms with Crippen LogP contribution in [0.1, 0.15) is 56.0 Å². The van der Waals surface area contributed by atoms with Gasteiger partial charge in [-0.2, -0.15) is 0 Å². The fraction of sp³-hybridized carbons (Fsp3) is 0.591. The van der Waals surface area contributed by atoms with Gasteiger partial charge in [0.25, 0.3) is 5.91 Å². The number of aryl methyl sites for hydroxylation is 1. The number of rotatable bonds is 4. The molecule has 2 saturated heterocycles. The molecule has 0 unspecified atom stereocenters. The highest BCUT2D eigenvalue weighted by Crippen LogP contribution is 2.47. The predicted octanol–water partition coefficient (Wildman–Crippen LogP) is 3.67. The molecule has 2 aromatic heterocycles. The molecule has 9 heteroatoms. The minimum atomic E-state index is -0.567. The van der Waals surface area contributed by atoms with Gasteiger partial charge in [0.2, 0.25) is 0 Å². The molecule has 2 atom stereocenters. The first-order chi connectivity index (χ1) is 14.6. The van der Waals surface area contributed by atoms with Crippen LogP contribution in [0.3, 0.4) is 0 Å². The molecule has 166 valence electrons. The minimum Gasteiger partial charge on any atom is -0.444 e. The van der Waals surface area contributed by atoms with Crippen molar-refractivity contribution in [3.05, 3.63) is 29.2 Å². The third-order valence-electron chi connectivity index (χ3n) is 6.05. The van der Waals surface area contributed by atoms with Gasteiger partial charge in [-0.15, -0.1) is 11.3 Å². The van der Waals surface area contributed by atoms with Gasteiger partial charge >= 0.3 is 6.09 Å². The maximum atomic E-state index is 13.7. The summed E-state index contributed by atoms with van der Waals surface area (Å²) in [5.41, 5.74) is -0.170. The highest BCUT2D eigenvalue weighted by molar-refractivity contribution is 7.15. The lowest BCUT2D eigenvalue weighted by molar-refractivity contribution is -0.0546. The second-order valence-electron chi connectivity index (χ2n) is 9.39. The van der Waals surface area contributed by atoms with Crippen LogP contribution in [0.5, 0.6) is 0 Å². The first-order valence-electron chi connectivity index (χ1n) is 10.7. The third-order valence-corrected chi connectivity index (χ3v) is 7.01. The minimum absolute atomic E-state index is 0.107. The van der Waals surface area contributed by atoms with E-state index in [1.165, 1.54) is 11.3 Å². The molecule has 1 N–H and O–H groups in total. The second kappa shape index (κ2) is 8.18. The molecule has 0 spiro atoms. The van der Waals surface area contributed by atoms with Gasteiger partial charge in [-0.3, -0.25) is 4.79 Å². The van der Waals surface area contributed by atoms with Crippen molar-refractivity contribution in [3.8, 4) is 10.7 Å². The topological polar surface area (TPSA) is 97.3 Å². The van der Waals surface area contributed by atoms with Crippen LogP contribution < -0.4 is 5.32 Å². The first-order valence-corrected chi connectivity index (χ1v) is 11.5. The standard InChI is InChI=1S/C22H29N5O3S/c1-12-14-9-15(10-14)27(16(12)11-25-21(29)30-22(3,4)5)20(28)17-18(31-13(2)26-17)19-23-7-6-8-24-19/h6-8,12,14-16H,9-11H2,1-5H3,(H,25,29)/t12-,14?,15?,16-/m1/s1. The fourth-order valence-electron chi connectivity index (χ4n) is 4.49. The average molecular weight is 444 g/mol. The van der Waals surface area contributed by atoms with E-state index in [0.29, 0.717) is 28.9 Å². The Morgan fingerprint density at radius 2 is 1.94 bits per heavy atom. The normalized spacial score (nSPS) is 25.0. The predicted molar refractivity (Wildman–Crippen MR) is 118 cm³/mol. The van der Waals surface area contributed by atoms with Gasteiger partial charge in [-0.25, -0.2) is 19.7 Å². The molecule has 8 nitrogen and oxygen atoms in total. The van der Waals surface area contributed by atoms with E-state index in [1.807, 2.05) is 32.6 Å². The lowest BCUT2D eigenvalue weighted by Gasteiger charge is -2.57. The smallest absolute Gasteiger partial charge is 0.407 e. The van der Waals surface area contributed by atoms with Gasteiger partial charge in [0.1, 0.15) is 10.5 Å². The largest absolute Gasteiger partial charge is 0.444 e. The number of nitrogens with zero attached hydrogens (tertiary/aromatic N) is 4. The van der Waals surface area contributed by atoms with E-state index in [0.717, 1.165) is 17.8 Å². The van der Waals surface area contributed by atoms with E-state index in [9.17, 15) is 9.59 Å². The van der Waals surface area contributed by atoms with Crippen LogP contribution in [0.25, 0.3) is 10.7 Å². The molecule has 3 aliphatic rings. The van der Waals surface area contributed by atoms with Gasteiger partial charge in [-0.1, -0.05) is 6.92 Å². The van der Waals surface area contributed by atoms with Crippen LogP contribution in [-0.2, 0) is 4.74 Å². The van der Waals surface area contributed by atoms with Crippen molar-refractivity contribution in [3.63, 3.8) is 0 Å². The van der Waals surface area contributed by atoms with Crippen LogP contribution in [-0.4, -0.2) is 56.1 Å². The number of carbonyl (C=O) groups is 2. The summed E-state index contributed by atoms with van der Waals surface area (Å²) in [6, 6.07) is 1.81. The van der Waals surface area contributed by atoms with Gasteiger partial charge in [0, 0.05) is 25.0 Å². The average Bonchev–Trinajstić information content (AvgIpc) is 3.06. The number of thiazole rings is 1. The van der Waals surface area contributed by atoms with Crippen molar-refractivity contribution < 1.29 is 14.3 Å². The number of ether oxygens (including phenoxy) is 1. The number of carbonyl (C=O) groups excluding carboxylic acids is 2. The first kappa shape index (κ1) is 21.7. The summed E-state index contributed by atoms with van der Waals surface area (Å²) in [6.45, 7) is 9.90. The van der Waals surface area contributed by atoms with Gasteiger partial charge in [0.15, 0.2) is 11.5 Å². The van der Waals surface area contributed by atoms with Crippen molar-refractivity contribution in [1.82, 2.24) is 25.2 Å². The van der Waals surface area contributed by atoms with Crippen molar-refractivity contribution >= 4 is 23.3 Å². The van der Waals surface area contributed by atoms with Crippen LogP contribution in [0.4, 0.5) is 4.79 Å². The number of aromatic nitrogens is 3. The van der Waals surface area contributed by atoms with E-state index in [4.69, 9.17) is 4.74 Å². The summed E-state index contributed by atoms with van der Waals surface area (Å²) in [6.07, 6.45) is 4.86. The van der Waals surface area contributed by atoms with Crippen molar-refractivity contribution in [1.29, 1.82) is 0 Å². The lowest BCUT2D eigenvalue weighted by Crippen LogP contribution is -2.65. The molecule has 1 saturated carbocycles. The Morgan fingerprint density at radius 3 is 2.58 bits per heavy atom. The molecule has 2 aliphatic heterocycles. The summed E-state index contributed by atoms with van der Waals surface area (Å²) >= 11 is 1.43. The van der Waals surface area contributed by atoms with Crippen LogP contribution in [0.15, 0.2) is 18.5 Å². The maximum Gasteiger partial charge on any atom is 0.407 e. The Bertz CT molecular complexity index is 965. The number of alkyl carbamates (subject to hydrolysis) is 1. The number of nitrogens with one attached hydrogen (secondary N) is 1. The van der Waals surface area contributed by atoms with E-state index in [1.54, 1.807) is 18.5 Å². The van der Waals surface area contributed by atoms with Crippen molar-refractivity contribution in [2.75, 3.05) is 6.54 Å². The third kappa shape index (κ3) is 4.42. The zero-order valence-electron chi connectivity index (χ0n) is 18.6. The molecular formula is C22H29N5O3S. The highest BCUT2D eigenvalue weighted by atomic mass is 32.1. The number of hydrogen-bond donors (Lipinski definition) is 1. The molecule has 3 fully saturated rings. The number of hydrogen-bond acceptors (Lipinski definition) is 7. The molecular weight excluding hydrogens is 414 g/mol. The van der Waals surface area contributed by atoms with Crippen LogP contribution >= 0.6 is 11.3 Å². The number of piperidine rings is 2. The van der Waals surface area contributed by atoms with Gasteiger partial charge in [0.05, 0.1) is 11.0 Å². The number of fused-ring (bicyclic) bond motifs is 2. The van der Waals surface area contributed by atoms with Gasteiger partial charge < -0.3 is 15.0 Å². The quantitative estimate of drug-likeness (QED) is 0.774. The fourth-order valence-corrected chi connectivity index (χ4v) is 5.35. The van der Waals surface area contributed by atoms with Crippen LogP contribution in [0.2, 0.25) is 0 Å². The highest BCUT2D eigenvalue weighted by Gasteiger charge is 2.51. The summed E-state index contributed by atoms with van der Waals surface area (Å²) in [7, 11) is 0. The molecule has 0 radical (unpaired) electrons. The monoisotopic (exact) mass is 443 g/mol. The summed E-state index contributed by atoms with van der Waals surface area (Å²) in [5, 5.41) is 3.67. The number of amides is 2. The summed E-state index contributed by atoms with van der Waals surface area (Å²) < 4.78 is 5.38. The molecule has 4 heterocycles. The Morgan fingerprint density at radius 1 is 1.26 bits per heavy atom.